The van der Waals surface area contributed by atoms with E-state index >= 15 is 0 Å². The highest BCUT2D eigenvalue weighted by atomic mass is 35.5. The molecular weight excluding hydrogens is 284 g/mol. The highest BCUT2D eigenvalue weighted by Crippen LogP contribution is 2.21. The second-order valence-corrected chi connectivity index (χ2v) is 6.14. The van der Waals surface area contributed by atoms with Crippen LogP contribution < -0.4 is 5.32 Å². The maximum Gasteiger partial charge on any atom is 0.226 e. The van der Waals surface area contributed by atoms with Gasteiger partial charge in [0.05, 0.1) is 0 Å². The first-order valence-electron chi connectivity index (χ1n) is 7.95. The molecule has 21 heavy (non-hydrogen) atoms. The molecule has 3 nitrogen and oxygen atoms in total. The summed E-state index contributed by atoms with van der Waals surface area (Å²) >= 11 is 6.24. The molecule has 1 aromatic carbocycles. The van der Waals surface area contributed by atoms with Crippen LogP contribution in [0.25, 0.3) is 0 Å². The Bertz CT molecular complexity index is 458. The second-order valence-electron chi connectivity index (χ2n) is 5.73. The Hall–Kier alpha value is -1.06. The molecule has 0 unspecified atom stereocenters. The van der Waals surface area contributed by atoms with E-state index in [0.717, 1.165) is 55.9 Å². The van der Waals surface area contributed by atoms with E-state index in [1.807, 2.05) is 29.2 Å². The second kappa shape index (κ2) is 8.40. The molecule has 1 saturated heterocycles. The Kier molecular flexibility index (Phi) is 6.52. The highest BCUT2D eigenvalue weighted by molar-refractivity contribution is 6.31. The summed E-state index contributed by atoms with van der Waals surface area (Å²) < 4.78 is 0. The molecule has 1 amide bonds. The van der Waals surface area contributed by atoms with Gasteiger partial charge in [-0.05, 0) is 44.0 Å². The Balaban J connectivity index is 2.06. The van der Waals surface area contributed by atoms with Crippen molar-refractivity contribution in [2.45, 2.75) is 39.2 Å². The Labute approximate surface area is 132 Å². The summed E-state index contributed by atoms with van der Waals surface area (Å²) in [6, 6.07) is 7.81. The molecule has 1 aromatic rings. The number of piperidine rings is 1. The molecule has 0 radical (unpaired) electrons. The van der Waals surface area contributed by atoms with Gasteiger partial charge in [0.1, 0.15) is 0 Å². The Morgan fingerprint density at radius 1 is 1.33 bits per heavy atom. The first kappa shape index (κ1) is 16.3. The third-order valence-corrected chi connectivity index (χ3v) is 4.47. The number of amides is 1. The van der Waals surface area contributed by atoms with Gasteiger partial charge in [-0.3, -0.25) is 4.79 Å². The van der Waals surface area contributed by atoms with E-state index in [1.165, 1.54) is 0 Å². The normalized spacial score (nSPS) is 15.9. The topological polar surface area (TPSA) is 32.3 Å². The van der Waals surface area contributed by atoms with Crippen LogP contribution in [0.2, 0.25) is 5.02 Å². The summed E-state index contributed by atoms with van der Waals surface area (Å²) in [6.07, 6.45) is 4.04. The Morgan fingerprint density at radius 2 is 2.05 bits per heavy atom. The molecule has 0 aromatic heterocycles. The SMILES string of the molecule is CCCCN(Cc1ccccc1Cl)C(=O)C1CCNCC1. The number of hydrogen-bond donors (Lipinski definition) is 1. The predicted molar refractivity (Wildman–Crippen MR) is 87.4 cm³/mol. The molecule has 2 rings (SSSR count). The molecule has 0 spiro atoms. The Morgan fingerprint density at radius 3 is 2.71 bits per heavy atom. The summed E-state index contributed by atoms with van der Waals surface area (Å²) in [5, 5.41) is 4.07. The number of unbranched alkanes of at least 4 members (excludes halogenated alkanes) is 1. The van der Waals surface area contributed by atoms with Crippen molar-refractivity contribution >= 4 is 17.5 Å². The van der Waals surface area contributed by atoms with E-state index in [0.29, 0.717) is 12.5 Å². The minimum atomic E-state index is 0.172. The monoisotopic (exact) mass is 308 g/mol. The van der Waals surface area contributed by atoms with Crippen LogP contribution in [0.1, 0.15) is 38.2 Å². The van der Waals surface area contributed by atoms with Crippen LogP contribution >= 0.6 is 11.6 Å². The lowest BCUT2D eigenvalue weighted by Crippen LogP contribution is -2.41. The largest absolute Gasteiger partial charge is 0.338 e. The summed E-state index contributed by atoms with van der Waals surface area (Å²) in [6.45, 7) is 5.50. The van der Waals surface area contributed by atoms with Crippen LogP contribution in [0, 0.1) is 5.92 Å². The van der Waals surface area contributed by atoms with Crippen LogP contribution in [-0.4, -0.2) is 30.4 Å². The van der Waals surface area contributed by atoms with Crippen molar-refractivity contribution in [2.24, 2.45) is 5.92 Å². The maximum atomic E-state index is 12.8. The molecule has 1 heterocycles. The van der Waals surface area contributed by atoms with Gasteiger partial charge in [-0.25, -0.2) is 0 Å². The number of carbonyl (C=O) groups excluding carboxylic acids is 1. The fraction of sp³-hybridized carbons (Fsp3) is 0.588. The number of rotatable bonds is 6. The first-order chi connectivity index (χ1) is 10.2. The van der Waals surface area contributed by atoms with Gasteiger partial charge in [0, 0.05) is 24.0 Å². The van der Waals surface area contributed by atoms with E-state index in [4.69, 9.17) is 11.6 Å². The zero-order valence-corrected chi connectivity index (χ0v) is 13.5. The summed E-state index contributed by atoms with van der Waals surface area (Å²) in [5.74, 6) is 0.468. The summed E-state index contributed by atoms with van der Waals surface area (Å²) in [5.41, 5.74) is 1.04. The fourth-order valence-electron chi connectivity index (χ4n) is 2.78. The molecule has 1 N–H and O–H groups in total. The van der Waals surface area contributed by atoms with E-state index < -0.39 is 0 Å². The number of nitrogens with zero attached hydrogens (tertiary/aromatic N) is 1. The van der Waals surface area contributed by atoms with Crippen LogP contribution in [-0.2, 0) is 11.3 Å². The highest BCUT2D eigenvalue weighted by Gasteiger charge is 2.25. The van der Waals surface area contributed by atoms with E-state index in [2.05, 4.69) is 12.2 Å². The summed E-state index contributed by atoms with van der Waals surface area (Å²) in [4.78, 5) is 14.8. The van der Waals surface area contributed by atoms with Crippen molar-refractivity contribution in [3.8, 4) is 0 Å². The first-order valence-corrected chi connectivity index (χ1v) is 8.33. The predicted octanol–water partition coefficient (Wildman–Crippen LogP) is 3.47. The zero-order chi connectivity index (χ0) is 15.1. The third kappa shape index (κ3) is 4.72. The number of benzene rings is 1. The third-order valence-electron chi connectivity index (χ3n) is 4.10. The molecule has 1 aliphatic heterocycles. The number of hydrogen-bond acceptors (Lipinski definition) is 2. The fourth-order valence-corrected chi connectivity index (χ4v) is 2.97. The molecule has 1 fully saturated rings. The van der Waals surface area contributed by atoms with Gasteiger partial charge in [0.15, 0.2) is 0 Å². The van der Waals surface area contributed by atoms with Crippen molar-refractivity contribution in [3.63, 3.8) is 0 Å². The molecule has 0 atom stereocenters. The van der Waals surface area contributed by atoms with Gasteiger partial charge in [0.25, 0.3) is 0 Å². The molecule has 0 saturated carbocycles. The van der Waals surface area contributed by atoms with Gasteiger partial charge in [0.2, 0.25) is 5.91 Å². The minimum absolute atomic E-state index is 0.172. The average Bonchev–Trinajstić information content (AvgIpc) is 2.53. The van der Waals surface area contributed by atoms with E-state index in [1.54, 1.807) is 0 Å². The zero-order valence-electron chi connectivity index (χ0n) is 12.8. The molecular formula is C17H25ClN2O. The number of halogens is 1. The van der Waals surface area contributed by atoms with Crippen molar-refractivity contribution in [1.82, 2.24) is 10.2 Å². The van der Waals surface area contributed by atoms with Gasteiger partial charge in [-0.1, -0.05) is 43.1 Å². The minimum Gasteiger partial charge on any atom is -0.338 e. The standard InChI is InChI=1S/C17H25ClN2O/c1-2-3-12-20(13-15-6-4-5-7-16(15)18)17(21)14-8-10-19-11-9-14/h4-7,14,19H,2-3,8-13H2,1H3. The molecule has 1 aliphatic rings. The average molecular weight is 309 g/mol. The molecule has 0 aliphatic carbocycles. The van der Waals surface area contributed by atoms with Crippen molar-refractivity contribution in [1.29, 1.82) is 0 Å². The van der Waals surface area contributed by atoms with Gasteiger partial charge in [-0.2, -0.15) is 0 Å². The van der Waals surface area contributed by atoms with Crippen LogP contribution in [0.4, 0.5) is 0 Å². The van der Waals surface area contributed by atoms with E-state index in [-0.39, 0.29) is 5.92 Å². The van der Waals surface area contributed by atoms with Crippen LogP contribution in [0.3, 0.4) is 0 Å². The summed E-state index contributed by atoms with van der Waals surface area (Å²) in [7, 11) is 0. The van der Waals surface area contributed by atoms with Crippen LogP contribution in [0.15, 0.2) is 24.3 Å². The lowest BCUT2D eigenvalue weighted by Gasteiger charge is -2.30. The molecule has 0 bridgehead atoms. The van der Waals surface area contributed by atoms with Crippen LogP contribution in [0.5, 0.6) is 0 Å². The lowest BCUT2D eigenvalue weighted by atomic mass is 9.96. The molecule has 116 valence electrons. The van der Waals surface area contributed by atoms with Crippen molar-refractivity contribution in [3.05, 3.63) is 34.9 Å². The van der Waals surface area contributed by atoms with E-state index in [9.17, 15) is 4.79 Å². The van der Waals surface area contributed by atoms with Crippen molar-refractivity contribution in [2.75, 3.05) is 19.6 Å². The molecule has 4 heteroatoms. The smallest absolute Gasteiger partial charge is 0.226 e. The quantitative estimate of drug-likeness (QED) is 0.873. The van der Waals surface area contributed by atoms with Gasteiger partial charge >= 0.3 is 0 Å². The number of nitrogens with one attached hydrogen (secondary N) is 1. The van der Waals surface area contributed by atoms with Gasteiger partial charge in [-0.15, -0.1) is 0 Å². The lowest BCUT2D eigenvalue weighted by molar-refractivity contribution is -0.137. The van der Waals surface area contributed by atoms with Crippen molar-refractivity contribution < 1.29 is 4.79 Å². The van der Waals surface area contributed by atoms with Gasteiger partial charge < -0.3 is 10.2 Å². The maximum absolute atomic E-state index is 12.8. The number of carbonyl (C=O) groups is 1.